The van der Waals surface area contributed by atoms with Crippen LogP contribution in [0.5, 0.6) is 0 Å². The number of carbonyl (C=O) groups excluding carboxylic acids is 1. The zero-order valence-corrected chi connectivity index (χ0v) is 12.1. The number of amides is 1. The molecule has 2 heterocycles. The largest absolute Gasteiger partial charge is 0.417 e. The van der Waals surface area contributed by atoms with Crippen molar-refractivity contribution in [3.05, 3.63) is 35.8 Å². The average Bonchev–Trinajstić information content (AvgIpc) is 3.01. The van der Waals surface area contributed by atoms with Crippen LogP contribution < -0.4 is 5.32 Å². The number of nitrogens with zero attached hydrogens (tertiary/aromatic N) is 4. The van der Waals surface area contributed by atoms with Gasteiger partial charge >= 0.3 is 6.18 Å². The van der Waals surface area contributed by atoms with Crippen molar-refractivity contribution in [1.82, 2.24) is 25.3 Å². The molecular formula is C13H14F3N5O2. The van der Waals surface area contributed by atoms with Gasteiger partial charge in [0, 0.05) is 19.3 Å². The minimum absolute atomic E-state index is 0.00293. The second kappa shape index (κ2) is 6.73. The van der Waals surface area contributed by atoms with E-state index in [1.807, 2.05) is 0 Å². The molecule has 0 aromatic carbocycles. The van der Waals surface area contributed by atoms with Crippen LogP contribution in [-0.4, -0.2) is 44.1 Å². The molecule has 0 spiro atoms. The first-order chi connectivity index (χ1) is 10.8. The van der Waals surface area contributed by atoms with Crippen LogP contribution in [0.1, 0.15) is 23.0 Å². The van der Waals surface area contributed by atoms with E-state index in [0.717, 1.165) is 16.8 Å². The Labute approximate surface area is 129 Å². The van der Waals surface area contributed by atoms with Gasteiger partial charge in [0.25, 0.3) is 5.91 Å². The standard InChI is InChI=1S/C13H14F3N5O2/c1-8(7-22)4-18-12(23)10-6-21(20-19-10)11-3-2-9(5-17-11)13(14,15)16/h2-3,5-6,8,22H,4,7H2,1H3,(H,18,23). The van der Waals surface area contributed by atoms with Crippen LogP contribution in [0, 0.1) is 5.92 Å². The van der Waals surface area contributed by atoms with Crippen LogP contribution >= 0.6 is 0 Å². The maximum Gasteiger partial charge on any atom is 0.417 e. The third kappa shape index (κ3) is 4.25. The Morgan fingerprint density at radius 2 is 2.17 bits per heavy atom. The van der Waals surface area contributed by atoms with Crippen LogP contribution in [0.2, 0.25) is 0 Å². The third-order valence-electron chi connectivity index (χ3n) is 2.96. The molecule has 0 aliphatic carbocycles. The molecule has 0 saturated heterocycles. The molecule has 1 unspecified atom stereocenters. The summed E-state index contributed by atoms with van der Waals surface area (Å²) in [7, 11) is 0. The number of hydrogen-bond donors (Lipinski definition) is 2. The summed E-state index contributed by atoms with van der Waals surface area (Å²) in [6, 6.07) is 2.00. The molecule has 1 amide bonds. The van der Waals surface area contributed by atoms with Crippen LogP contribution in [0.25, 0.3) is 5.82 Å². The normalized spacial score (nSPS) is 12.9. The number of nitrogens with one attached hydrogen (secondary N) is 1. The Kier molecular flexibility index (Phi) is 4.94. The predicted octanol–water partition coefficient (Wildman–Crippen LogP) is 1.04. The highest BCUT2D eigenvalue weighted by Crippen LogP contribution is 2.28. The molecule has 7 nitrogen and oxygen atoms in total. The molecule has 124 valence electrons. The highest BCUT2D eigenvalue weighted by molar-refractivity contribution is 5.91. The zero-order chi connectivity index (χ0) is 17.0. The second-order valence-corrected chi connectivity index (χ2v) is 4.95. The molecule has 0 fully saturated rings. The molecule has 2 aromatic rings. The Bertz CT molecular complexity index is 669. The number of aliphatic hydroxyl groups excluding tert-OH is 1. The monoisotopic (exact) mass is 329 g/mol. The van der Waals surface area contributed by atoms with Gasteiger partial charge in [0.2, 0.25) is 0 Å². The van der Waals surface area contributed by atoms with Crippen molar-refractivity contribution >= 4 is 5.91 Å². The van der Waals surface area contributed by atoms with E-state index in [4.69, 9.17) is 5.11 Å². The molecule has 10 heteroatoms. The van der Waals surface area contributed by atoms with Gasteiger partial charge in [-0.3, -0.25) is 4.79 Å². The lowest BCUT2D eigenvalue weighted by Crippen LogP contribution is -2.29. The number of pyridine rings is 1. The lowest BCUT2D eigenvalue weighted by molar-refractivity contribution is -0.137. The fraction of sp³-hybridized carbons (Fsp3) is 0.385. The smallest absolute Gasteiger partial charge is 0.396 e. The minimum atomic E-state index is -4.47. The number of carbonyl (C=O) groups is 1. The molecule has 2 N–H and O–H groups in total. The van der Waals surface area contributed by atoms with Crippen molar-refractivity contribution in [3.8, 4) is 5.82 Å². The molecule has 1 atom stereocenters. The topological polar surface area (TPSA) is 92.9 Å². The van der Waals surface area contributed by atoms with Crippen LogP contribution in [-0.2, 0) is 6.18 Å². The number of alkyl halides is 3. The summed E-state index contributed by atoms with van der Waals surface area (Å²) in [4.78, 5) is 15.5. The summed E-state index contributed by atoms with van der Waals surface area (Å²) >= 11 is 0. The minimum Gasteiger partial charge on any atom is -0.396 e. The predicted molar refractivity (Wildman–Crippen MR) is 72.7 cm³/mol. The number of aliphatic hydroxyl groups is 1. The van der Waals surface area contributed by atoms with Gasteiger partial charge in [0.1, 0.15) is 0 Å². The third-order valence-corrected chi connectivity index (χ3v) is 2.96. The first kappa shape index (κ1) is 16.9. The van der Waals surface area contributed by atoms with Crippen LogP contribution in [0.15, 0.2) is 24.5 Å². The van der Waals surface area contributed by atoms with Gasteiger partial charge in [-0.05, 0) is 18.1 Å². The van der Waals surface area contributed by atoms with Crippen molar-refractivity contribution < 1.29 is 23.1 Å². The number of hydrogen-bond acceptors (Lipinski definition) is 5. The first-order valence-corrected chi connectivity index (χ1v) is 6.66. The molecule has 2 rings (SSSR count). The van der Waals surface area contributed by atoms with Gasteiger partial charge in [0.05, 0.1) is 11.8 Å². The SMILES string of the molecule is CC(CO)CNC(=O)c1cn(-c2ccc(C(F)(F)F)cn2)nn1. The molecule has 0 aliphatic rings. The highest BCUT2D eigenvalue weighted by Gasteiger charge is 2.30. The molecule has 0 aliphatic heterocycles. The summed E-state index contributed by atoms with van der Waals surface area (Å²) < 4.78 is 38.5. The van der Waals surface area contributed by atoms with Gasteiger partial charge in [-0.25, -0.2) is 9.67 Å². The molecular weight excluding hydrogens is 315 g/mol. The van der Waals surface area contributed by atoms with E-state index < -0.39 is 17.6 Å². The summed E-state index contributed by atoms with van der Waals surface area (Å²) in [5.41, 5.74) is -0.880. The van der Waals surface area contributed by atoms with Gasteiger partial charge in [0.15, 0.2) is 11.5 Å². The van der Waals surface area contributed by atoms with Gasteiger partial charge in [-0.2, -0.15) is 13.2 Å². The first-order valence-electron chi connectivity index (χ1n) is 6.66. The van der Waals surface area contributed by atoms with Gasteiger partial charge in [-0.15, -0.1) is 5.10 Å². The lowest BCUT2D eigenvalue weighted by atomic mass is 10.2. The summed E-state index contributed by atoms with van der Waals surface area (Å²) in [5.74, 6) is -0.498. The molecule has 2 aromatic heterocycles. The van der Waals surface area contributed by atoms with Crippen molar-refractivity contribution in [2.24, 2.45) is 5.92 Å². The molecule has 0 radical (unpaired) electrons. The Morgan fingerprint density at radius 1 is 1.43 bits per heavy atom. The Morgan fingerprint density at radius 3 is 2.74 bits per heavy atom. The average molecular weight is 329 g/mol. The van der Waals surface area contributed by atoms with Gasteiger partial charge < -0.3 is 10.4 Å². The zero-order valence-electron chi connectivity index (χ0n) is 12.1. The van der Waals surface area contributed by atoms with E-state index in [1.54, 1.807) is 6.92 Å². The number of aromatic nitrogens is 4. The van der Waals surface area contributed by atoms with Crippen molar-refractivity contribution in [2.45, 2.75) is 13.1 Å². The van der Waals surface area contributed by atoms with Crippen molar-refractivity contribution in [2.75, 3.05) is 13.2 Å². The number of halogens is 3. The van der Waals surface area contributed by atoms with Crippen LogP contribution in [0.4, 0.5) is 13.2 Å². The summed E-state index contributed by atoms with van der Waals surface area (Å²) in [6.45, 7) is 1.95. The van der Waals surface area contributed by atoms with E-state index in [9.17, 15) is 18.0 Å². The maximum atomic E-state index is 12.5. The molecule has 23 heavy (non-hydrogen) atoms. The van der Waals surface area contributed by atoms with E-state index in [2.05, 4.69) is 20.6 Å². The lowest BCUT2D eigenvalue weighted by Gasteiger charge is -2.07. The van der Waals surface area contributed by atoms with Crippen LogP contribution in [0.3, 0.4) is 0 Å². The Hall–Kier alpha value is -2.49. The summed E-state index contributed by atoms with van der Waals surface area (Å²) in [6.07, 6.45) is -2.53. The fourth-order valence-corrected chi connectivity index (χ4v) is 1.59. The number of rotatable bonds is 5. The van der Waals surface area contributed by atoms with E-state index in [-0.39, 0.29) is 30.6 Å². The molecule has 0 bridgehead atoms. The van der Waals surface area contributed by atoms with Crippen molar-refractivity contribution in [1.29, 1.82) is 0 Å². The fourth-order valence-electron chi connectivity index (χ4n) is 1.59. The maximum absolute atomic E-state index is 12.5. The van der Waals surface area contributed by atoms with Gasteiger partial charge in [-0.1, -0.05) is 12.1 Å². The Balaban J connectivity index is 2.08. The highest BCUT2D eigenvalue weighted by atomic mass is 19.4. The van der Waals surface area contributed by atoms with E-state index >= 15 is 0 Å². The quantitative estimate of drug-likeness (QED) is 0.855. The van der Waals surface area contributed by atoms with E-state index in [1.165, 1.54) is 6.20 Å². The summed E-state index contributed by atoms with van der Waals surface area (Å²) in [5, 5.41) is 18.7. The second-order valence-electron chi connectivity index (χ2n) is 4.95. The van der Waals surface area contributed by atoms with Crippen molar-refractivity contribution in [3.63, 3.8) is 0 Å². The molecule has 0 saturated carbocycles. The van der Waals surface area contributed by atoms with E-state index in [0.29, 0.717) is 6.20 Å².